The third-order valence-corrected chi connectivity index (χ3v) is 6.01. The van der Waals surface area contributed by atoms with Crippen LogP contribution >= 0.6 is 11.3 Å². The van der Waals surface area contributed by atoms with Crippen LogP contribution in [0.15, 0.2) is 36.7 Å². The molecule has 1 aliphatic rings. The summed E-state index contributed by atoms with van der Waals surface area (Å²) >= 11 is 1.47. The summed E-state index contributed by atoms with van der Waals surface area (Å²) in [5.41, 5.74) is 3.16. The van der Waals surface area contributed by atoms with E-state index < -0.39 is 0 Å². The van der Waals surface area contributed by atoms with Gasteiger partial charge in [0.2, 0.25) is 5.91 Å². The van der Waals surface area contributed by atoms with Gasteiger partial charge in [-0.15, -0.1) is 16.4 Å². The Morgan fingerprint density at radius 1 is 1.30 bits per heavy atom. The maximum absolute atomic E-state index is 12.6. The van der Waals surface area contributed by atoms with Gasteiger partial charge in [0.05, 0.1) is 17.9 Å². The van der Waals surface area contributed by atoms with Crippen molar-refractivity contribution in [2.75, 3.05) is 11.9 Å². The van der Waals surface area contributed by atoms with Crippen molar-refractivity contribution in [3.63, 3.8) is 0 Å². The quantitative estimate of drug-likeness (QED) is 0.482. The van der Waals surface area contributed by atoms with Crippen LogP contribution in [-0.2, 0) is 22.4 Å². The van der Waals surface area contributed by atoms with Crippen LogP contribution in [0.3, 0.4) is 0 Å². The molecule has 2 heterocycles. The molecule has 1 aromatic carbocycles. The fraction of sp³-hybridized carbons (Fsp3) is 0.286. The first kappa shape index (κ1) is 20.0. The number of rotatable bonds is 6. The SMILES string of the molecule is CCOC(=O)c1c(NC(=O)/C=C/c2cccc(-n3cnnn3)c2)sc2c1CCCC2. The summed E-state index contributed by atoms with van der Waals surface area (Å²) in [6, 6.07) is 7.48. The van der Waals surface area contributed by atoms with E-state index in [0.29, 0.717) is 17.2 Å². The molecule has 0 radical (unpaired) electrons. The number of nitrogens with one attached hydrogen (secondary N) is 1. The van der Waals surface area contributed by atoms with Crippen molar-refractivity contribution in [3.05, 3.63) is 58.2 Å². The van der Waals surface area contributed by atoms with E-state index in [1.165, 1.54) is 23.7 Å². The molecule has 2 aromatic heterocycles. The van der Waals surface area contributed by atoms with Crippen molar-refractivity contribution in [1.82, 2.24) is 20.2 Å². The highest BCUT2D eigenvalue weighted by Crippen LogP contribution is 2.38. The van der Waals surface area contributed by atoms with Crippen molar-refractivity contribution >= 4 is 34.3 Å². The van der Waals surface area contributed by atoms with Gasteiger partial charge in [-0.2, -0.15) is 0 Å². The average molecular weight is 423 g/mol. The largest absolute Gasteiger partial charge is 0.462 e. The summed E-state index contributed by atoms with van der Waals surface area (Å²) in [7, 11) is 0. The van der Waals surface area contributed by atoms with Crippen LogP contribution in [0.5, 0.6) is 0 Å². The lowest BCUT2D eigenvalue weighted by molar-refractivity contribution is -0.111. The summed E-state index contributed by atoms with van der Waals surface area (Å²) in [4.78, 5) is 26.2. The van der Waals surface area contributed by atoms with Gasteiger partial charge in [-0.25, -0.2) is 9.48 Å². The summed E-state index contributed by atoms with van der Waals surface area (Å²) in [5, 5.41) is 14.6. The molecule has 0 atom stereocenters. The minimum absolute atomic E-state index is 0.299. The zero-order valence-corrected chi connectivity index (χ0v) is 17.3. The van der Waals surface area contributed by atoms with Crippen LogP contribution in [0.2, 0.25) is 0 Å². The molecular formula is C21H21N5O3S. The Morgan fingerprint density at radius 2 is 2.17 bits per heavy atom. The highest BCUT2D eigenvalue weighted by Gasteiger charge is 2.26. The maximum Gasteiger partial charge on any atom is 0.341 e. The maximum atomic E-state index is 12.6. The number of esters is 1. The molecule has 0 spiro atoms. The summed E-state index contributed by atoms with van der Waals surface area (Å²) in [6.45, 7) is 2.08. The van der Waals surface area contributed by atoms with Crippen LogP contribution in [0.4, 0.5) is 5.00 Å². The van der Waals surface area contributed by atoms with E-state index >= 15 is 0 Å². The fourth-order valence-corrected chi connectivity index (χ4v) is 4.73. The summed E-state index contributed by atoms with van der Waals surface area (Å²) in [6.07, 6.45) is 8.58. The van der Waals surface area contributed by atoms with Crippen LogP contribution < -0.4 is 5.32 Å². The standard InChI is InChI=1S/C21H21N5O3S/c1-2-29-21(28)19-16-8-3-4-9-17(16)30-20(19)23-18(27)11-10-14-6-5-7-15(12-14)26-13-22-24-25-26/h5-7,10-13H,2-4,8-9H2,1H3,(H,23,27)/b11-10+. The zero-order valence-electron chi connectivity index (χ0n) is 16.5. The van der Waals surface area contributed by atoms with E-state index in [2.05, 4.69) is 20.8 Å². The molecule has 0 saturated heterocycles. The number of aromatic nitrogens is 4. The van der Waals surface area contributed by atoms with Crippen molar-refractivity contribution < 1.29 is 14.3 Å². The fourth-order valence-electron chi connectivity index (χ4n) is 3.45. The molecule has 0 fully saturated rings. The molecule has 30 heavy (non-hydrogen) atoms. The number of carbonyl (C=O) groups is 2. The number of amides is 1. The molecule has 3 aromatic rings. The number of anilines is 1. The number of benzene rings is 1. The van der Waals surface area contributed by atoms with Gasteiger partial charge in [-0.05, 0) is 72.4 Å². The van der Waals surface area contributed by atoms with E-state index in [1.807, 2.05) is 24.3 Å². The second-order valence-electron chi connectivity index (χ2n) is 6.81. The number of fused-ring (bicyclic) bond motifs is 1. The number of nitrogens with zero attached hydrogens (tertiary/aromatic N) is 4. The third kappa shape index (κ3) is 4.30. The molecule has 154 valence electrons. The smallest absolute Gasteiger partial charge is 0.341 e. The topological polar surface area (TPSA) is 99.0 Å². The Balaban J connectivity index is 1.52. The predicted octanol–water partition coefficient (Wildman–Crippen LogP) is 3.43. The Kier molecular flexibility index (Phi) is 5.99. The normalized spacial score (nSPS) is 13.2. The van der Waals surface area contributed by atoms with Gasteiger partial charge < -0.3 is 10.1 Å². The number of aryl methyl sites for hydroxylation is 1. The minimum Gasteiger partial charge on any atom is -0.462 e. The molecule has 1 N–H and O–H groups in total. The molecule has 1 aliphatic carbocycles. The Bertz CT molecular complexity index is 1090. The number of thiophene rings is 1. The molecular weight excluding hydrogens is 402 g/mol. The molecule has 0 unspecified atom stereocenters. The number of ether oxygens (including phenoxy) is 1. The monoisotopic (exact) mass is 423 g/mol. The third-order valence-electron chi connectivity index (χ3n) is 4.80. The predicted molar refractivity (Wildman–Crippen MR) is 114 cm³/mol. The lowest BCUT2D eigenvalue weighted by Gasteiger charge is -2.12. The molecule has 0 bridgehead atoms. The highest BCUT2D eigenvalue weighted by molar-refractivity contribution is 7.17. The van der Waals surface area contributed by atoms with Crippen molar-refractivity contribution in [3.8, 4) is 5.69 Å². The van der Waals surface area contributed by atoms with Gasteiger partial charge in [-0.3, -0.25) is 4.79 Å². The first-order valence-electron chi connectivity index (χ1n) is 9.80. The zero-order chi connectivity index (χ0) is 20.9. The Hall–Kier alpha value is -3.33. The van der Waals surface area contributed by atoms with Crippen LogP contribution in [-0.4, -0.2) is 38.7 Å². The van der Waals surface area contributed by atoms with Gasteiger partial charge in [0, 0.05) is 11.0 Å². The van der Waals surface area contributed by atoms with Gasteiger partial charge in [-0.1, -0.05) is 12.1 Å². The summed E-state index contributed by atoms with van der Waals surface area (Å²) < 4.78 is 6.77. The Morgan fingerprint density at radius 3 is 2.97 bits per heavy atom. The number of tetrazole rings is 1. The van der Waals surface area contributed by atoms with Crippen LogP contribution in [0.1, 0.15) is 46.1 Å². The molecule has 9 heteroatoms. The van der Waals surface area contributed by atoms with Gasteiger partial charge in [0.15, 0.2) is 0 Å². The number of hydrogen-bond donors (Lipinski definition) is 1. The van der Waals surface area contributed by atoms with Crippen molar-refractivity contribution in [1.29, 1.82) is 0 Å². The second kappa shape index (κ2) is 9.00. The van der Waals surface area contributed by atoms with Crippen LogP contribution in [0.25, 0.3) is 11.8 Å². The number of carbonyl (C=O) groups excluding carboxylic acids is 2. The highest BCUT2D eigenvalue weighted by atomic mass is 32.1. The van der Waals surface area contributed by atoms with Crippen molar-refractivity contribution in [2.45, 2.75) is 32.6 Å². The van der Waals surface area contributed by atoms with E-state index in [4.69, 9.17) is 4.74 Å². The number of hydrogen-bond acceptors (Lipinski definition) is 7. The molecule has 4 rings (SSSR count). The molecule has 1 amide bonds. The summed E-state index contributed by atoms with van der Waals surface area (Å²) in [5.74, 6) is -0.669. The van der Waals surface area contributed by atoms with E-state index in [0.717, 1.165) is 47.4 Å². The Labute approximate surface area is 177 Å². The second-order valence-corrected chi connectivity index (χ2v) is 7.91. The van der Waals surface area contributed by atoms with Crippen LogP contribution in [0, 0.1) is 0 Å². The van der Waals surface area contributed by atoms with Gasteiger partial charge >= 0.3 is 5.97 Å². The van der Waals surface area contributed by atoms with E-state index in [1.54, 1.807) is 17.7 Å². The van der Waals surface area contributed by atoms with Crippen molar-refractivity contribution in [2.24, 2.45) is 0 Å². The van der Waals surface area contributed by atoms with Gasteiger partial charge in [0.1, 0.15) is 11.3 Å². The molecule has 0 saturated carbocycles. The van der Waals surface area contributed by atoms with E-state index in [-0.39, 0.29) is 11.9 Å². The van der Waals surface area contributed by atoms with Gasteiger partial charge in [0.25, 0.3) is 0 Å². The first-order valence-corrected chi connectivity index (χ1v) is 10.6. The van der Waals surface area contributed by atoms with E-state index in [9.17, 15) is 9.59 Å². The molecule has 8 nitrogen and oxygen atoms in total. The average Bonchev–Trinajstić information content (AvgIpc) is 3.40. The minimum atomic E-state index is -0.370. The first-order chi connectivity index (χ1) is 14.7. The lowest BCUT2D eigenvalue weighted by Crippen LogP contribution is -2.14. The molecule has 0 aliphatic heterocycles. The lowest BCUT2D eigenvalue weighted by atomic mass is 9.95.